The number of benzene rings is 2. The number of fused-ring (bicyclic) bond motifs is 2. The van der Waals surface area contributed by atoms with Crippen LogP contribution in [-0.4, -0.2) is 72.0 Å². The molecule has 4 rings (SSSR count). The first-order chi connectivity index (χ1) is 17.5. The molecule has 2 heterocycles. The van der Waals surface area contributed by atoms with Gasteiger partial charge in [0.15, 0.2) is 0 Å². The molecular weight excluding hydrogens is 398 g/mol. The van der Waals surface area contributed by atoms with Crippen molar-refractivity contribution in [1.29, 1.82) is 0 Å². The van der Waals surface area contributed by atoms with E-state index in [1.807, 2.05) is 30.3 Å². The molecule has 6 heteroatoms. The molecule has 2 aliphatic rings. The summed E-state index contributed by atoms with van der Waals surface area (Å²) < 4.78 is 90.1. The van der Waals surface area contributed by atoms with Gasteiger partial charge in [-0.25, -0.2) is 8.51 Å². The summed E-state index contributed by atoms with van der Waals surface area (Å²) in [5.74, 6) is 0. The maximum Gasteiger partial charge on any atom is 0.127 e. The van der Waals surface area contributed by atoms with Gasteiger partial charge in [0.05, 0.1) is 6.27 Å². The number of nitrogens with zero attached hydrogens (tertiary/aromatic N) is 3. The van der Waals surface area contributed by atoms with Crippen LogP contribution in [0.4, 0.5) is 0 Å². The molecule has 154 valence electrons. The van der Waals surface area contributed by atoms with Gasteiger partial charge in [-0.3, -0.25) is 0 Å². The maximum atomic E-state index is 12.8. The lowest BCUT2D eigenvalue weighted by Gasteiger charge is -2.32. The van der Waals surface area contributed by atoms with Crippen molar-refractivity contribution >= 4 is 28.3 Å². The van der Waals surface area contributed by atoms with Crippen molar-refractivity contribution in [1.82, 2.24) is 14.1 Å². The van der Waals surface area contributed by atoms with Crippen LogP contribution in [0.2, 0.25) is 0 Å². The van der Waals surface area contributed by atoms with Gasteiger partial charge in [0, 0.05) is 53.3 Å². The monoisotopic (exact) mass is 436 g/mol. The summed E-state index contributed by atoms with van der Waals surface area (Å²) in [4.78, 5) is 3.30. The van der Waals surface area contributed by atoms with Crippen LogP contribution in [0.15, 0.2) is 63.2 Å². The van der Waals surface area contributed by atoms with Gasteiger partial charge < -0.3 is 9.80 Å². The van der Waals surface area contributed by atoms with E-state index in [0.29, 0.717) is 25.8 Å². The Bertz CT molecular complexity index is 1290. The second-order valence-electron chi connectivity index (χ2n) is 6.78. The molecule has 29 heavy (non-hydrogen) atoms. The minimum absolute atomic E-state index is 0.0541. The average molecular weight is 437 g/mol. The van der Waals surface area contributed by atoms with Gasteiger partial charge in [0.1, 0.15) is 11.0 Å². The summed E-state index contributed by atoms with van der Waals surface area (Å²) in [5.41, 5.74) is 1.98. The molecule has 1 atom stereocenters. The number of hydrogen-bond donors (Lipinski definition) is 0. The standard InChI is InChI=1S/C23H29N3OS2/c1-24(2)29(27)18-10-11-23-21(17-18)19(20-7-4-5-9-22(20)28-23)8-6-12-26-15-13-25(3)14-16-26/h4-5,7-11,17H,6,12-16H2,1-3H3/b19-8-/i8D,13D2,14D2,15D2,16D2. The predicted molar refractivity (Wildman–Crippen MR) is 123 cm³/mol. The van der Waals surface area contributed by atoms with E-state index in [9.17, 15) is 4.21 Å². The fourth-order valence-electron chi connectivity index (χ4n) is 3.06. The fraction of sp³-hybridized carbons (Fsp3) is 0.391. The van der Waals surface area contributed by atoms with Gasteiger partial charge in [-0.05, 0) is 68.5 Å². The molecule has 0 saturated carbocycles. The van der Waals surface area contributed by atoms with Crippen molar-refractivity contribution in [3.05, 3.63) is 59.6 Å². The largest absolute Gasteiger partial charge is 0.304 e. The third kappa shape index (κ3) is 4.67. The van der Waals surface area contributed by atoms with Crippen molar-refractivity contribution < 1.29 is 16.5 Å². The van der Waals surface area contributed by atoms with Crippen molar-refractivity contribution in [2.75, 3.05) is 53.7 Å². The fourth-order valence-corrected chi connectivity index (χ4v) is 4.96. The van der Waals surface area contributed by atoms with Crippen LogP contribution in [0.3, 0.4) is 0 Å². The van der Waals surface area contributed by atoms with E-state index < -0.39 is 43.5 Å². The Hall–Kier alpha value is -1.44. The number of rotatable bonds is 5. The molecule has 2 aromatic rings. The lowest BCUT2D eigenvalue weighted by molar-refractivity contribution is 0.156. The Kier molecular flexibility index (Phi) is 3.92. The zero-order valence-corrected chi connectivity index (χ0v) is 18.2. The molecule has 0 spiro atoms. The molecule has 2 aliphatic heterocycles. The third-order valence-electron chi connectivity index (χ3n) is 4.47. The molecule has 0 N–H and O–H groups in total. The average Bonchev–Trinajstić information content (AvgIpc) is 2.84. The minimum Gasteiger partial charge on any atom is -0.304 e. The van der Waals surface area contributed by atoms with E-state index in [2.05, 4.69) is 0 Å². The Labute approximate surface area is 193 Å². The zero-order chi connectivity index (χ0) is 28.4. The Morgan fingerprint density at radius 1 is 1.14 bits per heavy atom. The van der Waals surface area contributed by atoms with Crippen molar-refractivity contribution in [2.45, 2.75) is 21.1 Å². The van der Waals surface area contributed by atoms with E-state index in [1.54, 1.807) is 30.5 Å². The van der Waals surface area contributed by atoms with Crippen LogP contribution in [0, 0.1) is 0 Å². The van der Waals surface area contributed by atoms with Crippen LogP contribution < -0.4 is 0 Å². The molecule has 4 nitrogen and oxygen atoms in total. The summed E-state index contributed by atoms with van der Waals surface area (Å²) in [6.45, 7) is -11.9. The quantitative estimate of drug-likeness (QED) is 0.608. The molecule has 0 radical (unpaired) electrons. The highest BCUT2D eigenvalue weighted by Gasteiger charge is 2.22. The third-order valence-corrected chi connectivity index (χ3v) is 6.94. The lowest BCUT2D eigenvalue weighted by Crippen LogP contribution is -2.44. The normalized spacial score (nSPS) is 31.8. The Morgan fingerprint density at radius 2 is 1.86 bits per heavy atom. The summed E-state index contributed by atoms with van der Waals surface area (Å²) in [6.07, 6.45) is -0.177. The molecule has 0 aromatic heterocycles. The predicted octanol–water partition coefficient (Wildman–Crippen LogP) is 3.80. The van der Waals surface area contributed by atoms with Crippen LogP contribution in [0.25, 0.3) is 5.57 Å². The van der Waals surface area contributed by atoms with E-state index in [4.69, 9.17) is 12.3 Å². The van der Waals surface area contributed by atoms with Crippen LogP contribution in [0.5, 0.6) is 0 Å². The number of hydrogen-bond acceptors (Lipinski definition) is 4. The molecule has 1 unspecified atom stereocenters. The topological polar surface area (TPSA) is 26.8 Å². The lowest BCUT2D eigenvalue weighted by atomic mass is 9.96. The summed E-state index contributed by atoms with van der Waals surface area (Å²) in [6, 6.07) is 12.9. The van der Waals surface area contributed by atoms with Gasteiger partial charge >= 0.3 is 0 Å². The first-order valence-electron chi connectivity index (χ1n) is 13.7. The smallest absolute Gasteiger partial charge is 0.127 e. The van der Waals surface area contributed by atoms with Gasteiger partial charge in [0.25, 0.3) is 0 Å². The highest BCUT2D eigenvalue weighted by Crippen LogP contribution is 2.46. The van der Waals surface area contributed by atoms with Crippen molar-refractivity contribution in [3.8, 4) is 0 Å². The molecule has 1 saturated heterocycles. The van der Waals surface area contributed by atoms with Gasteiger partial charge in [-0.1, -0.05) is 36.0 Å². The highest BCUT2D eigenvalue weighted by molar-refractivity contribution is 7.99. The molecule has 1 fully saturated rings. The van der Waals surface area contributed by atoms with E-state index in [1.165, 1.54) is 11.8 Å². The maximum absolute atomic E-state index is 12.8. The Balaban J connectivity index is 1.80. The van der Waals surface area contributed by atoms with Crippen molar-refractivity contribution in [3.63, 3.8) is 0 Å². The minimum atomic E-state index is -2.89. The SMILES string of the molecule is [2H]/C(CCN1C([2H])([2H])C([2H])([2H])N(C)C([2H])([2H])C1([2H])[2H])=C1\c2ccccc2Sc2ccc(S(=O)N(C)C)cc21. The molecule has 2 aromatic carbocycles. The van der Waals surface area contributed by atoms with Crippen LogP contribution in [0.1, 0.15) is 29.9 Å². The second-order valence-corrected chi connectivity index (χ2v) is 9.56. The van der Waals surface area contributed by atoms with Gasteiger partial charge in [-0.15, -0.1) is 0 Å². The summed E-state index contributed by atoms with van der Waals surface area (Å²) in [7, 11) is 2.99. The van der Waals surface area contributed by atoms with E-state index in [-0.39, 0.29) is 12.5 Å². The zero-order valence-electron chi connectivity index (χ0n) is 25.5. The molecule has 0 aliphatic carbocycles. The molecule has 0 amide bonds. The highest BCUT2D eigenvalue weighted by atomic mass is 32.2. The first-order valence-corrected chi connectivity index (χ1v) is 11.1. The number of piperazine rings is 1. The van der Waals surface area contributed by atoms with Crippen molar-refractivity contribution in [2.24, 2.45) is 0 Å². The number of likely N-dealkylation sites (N-methyl/N-ethyl adjacent to an activating group) is 1. The Morgan fingerprint density at radius 3 is 2.62 bits per heavy atom. The van der Waals surface area contributed by atoms with Gasteiger partial charge in [0.2, 0.25) is 0 Å². The molecular formula is C23H29N3OS2. The summed E-state index contributed by atoms with van der Waals surface area (Å²) in [5, 5.41) is 0. The summed E-state index contributed by atoms with van der Waals surface area (Å²) >= 11 is 1.51. The van der Waals surface area contributed by atoms with Crippen LogP contribution in [-0.2, 0) is 11.0 Å². The second kappa shape index (κ2) is 9.14. The van der Waals surface area contributed by atoms with Crippen LogP contribution >= 0.6 is 11.8 Å². The van der Waals surface area contributed by atoms with E-state index in [0.717, 1.165) is 22.4 Å². The van der Waals surface area contributed by atoms with Gasteiger partial charge in [-0.2, -0.15) is 0 Å². The first kappa shape index (κ1) is 12.4. The van der Waals surface area contributed by atoms with E-state index >= 15 is 0 Å². The molecule has 0 bridgehead atoms.